The Morgan fingerprint density at radius 2 is 1.96 bits per heavy atom. The number of likely N-dealkylation sites (N-methyl/N-ethyl adjacent to an activating group) is 1. The van der Waals surface area contributed by atoms with Crippen LogP contribution < -0.4 is 16.0 Å². The largest absolute Gasteiger partial charge is 0.353 e. The average molecular weight is 336 g/mol. The predicted molar refractivity (Wildman–Crippen MR) is 85.5 cm³/mol. The normalized spacial score (nSPS) is 21.6. The quantitative estimate of drug-likeness (QED) is 0.653. The second kappa shape index (κ2) is 6.96. The molecule has 1 aromatic carbocycles. The number of hydrogen-bond donors (Lipinski definition) is 3. The van der Waals surface area contributed by atoms with Gasteiger partial charge in [-0.3, -0.25) is 14.5 Å². The fourth-order valence-corrected chi connectivity index (χ4v) is 2.39. The van der Waals surface area contributed by atoms with Gasteiger partial charge in [-0.15, -0.1) is 0 Å². The molecular weight excluding hydrogens is 315 g/mol. The Bertz CT molecular complexity index is 649. The van der Waals surface area contributed by atoms with E-state index in [0.29, 0.717) is 12.1 Å². The summed E-state index contributed by atoms with van der Waals surface area (Å²) >= 11 is 0. The molecule has 1 aliphatic heterocycles. The Morgan fingerprint density at radius 1 is 1.33 bits per heavy atom. The van der Waals surface area contributed by atoms with Gasteiger partial charge in [0.25, 0.3) is 5.91 Å². The van der Waals surface area contributed by atoms with E-state index in [0.717, 1.165) is 4.90 Å². The summed E-state index contributed by atoms with van der Waals surface area (Å²) in [5.41, 5.74) is -0.863. The highest BCUT2D eigenvalue weighted by molar-refractivity contribution is 6.09. The van der Waals surface area contributed by atoms with Crippen LogP contribution in [0.25, 0.3) is 0 Å². The van der Waals surface area contributed by atoms with E-state index < -0.39 is 29.2 Å². The fourth-order valence-electron chi connectivity index (χ4n) is 2.39. The minimum absolute atomic E-state index is 0.0709. The van der Waals surface area contributed by atoms with Crippen molar-refractivity contribution in [3.63, 3.8) is 0 Å². The van der Waals surface area contributed by atoms with E-state index in [1.807, 2.05) is 6.92 Å². The van der Waals surface area contributed by atoms with Gasteiger partial charge in [-0.2, -0.15) is 0 Å². The standard InChI is InChI=1S/C16H21FN4O3/c1-10(18-3)8-19-13(22)9-21-14(23)16(2,20-15(21)24)11-4-6-12(17)7-5-11/h4-7,10,18H,8-9H2,1-3H3,(H,19,22)(H,20,24). The number of carbonyl (C=O) groups excluding carboxylic acids is 3. The fraction of sp³-hybridized carbons (Fsp3) is 0.438. The van der Waals surface area contributed by atoms with Gasteiger partial charge in [0.15, 0.2) is 0 Å². The molecule has 2 atom stereocenters. The molecule has 1 heterocycles. The summed E-state index contributed by atoms with van der Waals surface area (Å²) in [6, 6.07) is 4.73. The molecule has 1 aliphatic rings. The van der Waals surface area contributed by atoms with Crippen LogP contribution in [0.15, 0.2) is 24.3 Å². The number of hydrogen-bond acceptors (Lipinski definition) is 4. The molecule has 0 aliphatic carbocycles. The van der Waals surface area contributed by atoms with Crippen LogP contribution in [-0.4, -0.2) is 48.9 Å². The topological polar surface area (TPSA) is 90.5 Å². The molecule has 0 bridgehead atoms. The lowest BCUT2D eigenvalue weighted by Gasteiger charge is -2.22. The van der Waals surface area contributed by atoms with Crippen LogP contribution in [0.3, 0.4) is 0 Å². The van der Waals surface area contributed by atoms with Gasteiger partial charge in [-0.25, -0.2) is 9.18 Å². The Morgan fingerprint density at radius 3 is 2.54 bits per heavy atom. The summed E-state index contributed by atoms with van der Waals surface area (Å²) < 4.78 is 13.1. The van der Waals surface area contributed by atoms with Crippen molar-refractivity contribution in [3.8, 4) is 0 Å². The van der Waals surface area contributed by atoms with Crippen molar-refractivity contribution in [1.82, 2.24) is 20.9 Å². The Kier molecular flexibility index (Phi) is 5.18. The van der Waals surface area contributed by atoms with E-state index in [1.165, 1.54) is 31.2 Å². The smallest absolute Gasteiger partial charge is 0.325 e. The van der Waals surface area contributed by atoms with Gasteiger partial charge >= 0.3 is 6.03 Å². The second-order valence-corrected chi connectivity index (χ2v) is 5.95. The van der Waals surface area contributed by atoms with E-state index in [-0.39, 0.29) is 12.6 Å². The molecule has 0 saturated carbocycles. The number of nitrogens with one attached hydrogen (secondary N) is 3. The van der Waals surface area contributed by atoms with Crippen molar-refractivity contribution in [1.29, 1.82) is 0 Å². The van der Waals surface area contributed by atoms with E-state index in [4.69, 9.17) is 0 Å². The first-order valence-electron chi connectivity index (χ1n) is 7.62. The zero-order chi connectivity index (χ0) is 17.9. The highest BCUT2D eigenvalue weighted by Gasteiger charge is 2.49. The first-order valence-corrected chi connectivity index (χ1v) is 7.62. The van der Waals surface area contributed by atoms with Gasteiger partial charge in [-0.1, -0.05) is 12.1 Å². The van der Waals surface area contributed by atoms with Crippen molar-refractivity contribution < 1.29 is 18.8 Å². The van der Waals surface area contributed by atoms with E-state index in [2.05, 4.69) is 16.0 Å². The number of carbonyl (C=O) groups is 3. The molecule has 3 N–H and O–H groups in total. The highest BCUT2D eigenvalue weighted by Crippen LogP contribution is 2.28. The maximum absolute atomic E-state index is 13.1. The maximum atomic E-state index is 13.1. The van der Waals surface area contributed by atoms with Crippen molar-refractivity contribution in [3.05, 3.63) is 35.6 Å². The number of nitrogens with zero attached hydrogens (tertiary/aromatic N) is 1. The van der Waals surface area contributed by atoms with Crippen LogP contribution in [0.4, 0.5) is 9.18 Å². The van der Waals surface area contributed by atoms with Crippen LogP contribution in [0.1, 0.15) is 19.4 Å². The zero-order valence-corrected chi connectivity index (χ0v) is 13.9. The lowest BCUT2D eigenvalue weighted by Crippen LogP contribution is -2.45. The predicted octanol–water partition coefficient (Wildman–Crippen LogP) is 0.317. The third-order valence-electron chi connectivity index (χ3n) is 4.10. The monoisotopic (exact) mass is 336 g/mol. The highest BCUT2D eigenvalue weighted by atomic mass is 19.1. The van der Waals surface area contributed by atoms with E-state index >= 15 is 0 Å². The van der Waals surface area contributed by atoms with Gasteiger partial charge in [0, 0.05) is 12.6 Å². The summed E-state index contributed by atoms with van der Waals surface area (Å²) in [7, 11) is 1.77. The van der Waals surface area contributed by atoms with Gasteiger partial charge in [0.1, 0.15) is 17.9 Å². The van der Waals surface area contributed by atoms with Crippen LogP contribution >= 0.6 is 0 Å². The number of urea groups is 1. The number of benzene rings is 1. The first kappa shape index (κ1) is 17.9. The van der Waals surface area contributed by atoms with Gasteiger partial charge < -0.3 is 16.0 Å². The molecular formula is C16H21FN4O3. The molecule has 1 fully saturated rings. The number of rotatable bonds is 6. The second-order valence-electron chi connectivity index (χ2n) is 5.95. The van der Waals surface area contributed by atoms with Crippen LogP contribution in [0, 0.1) is 5.82 Å². The Labute approximate surface area is 139 Å². The lowest BCUT2D eigenvalue weighted by atomic mass is 9.92. The third kappa shape index (κ3) is 3.53. The van der Waals surface area contributed by atoms with Gasteiger partial charge in [-0.05, 0) is 38.6 Å². The minimum atomic E-state index is -1.32. The number of amides is 4. The number of imide groups is 1. The molecule has 0 spiro atoms. The molecule has 24 heavy (non-hydrogen) atoms. The van der Waals surface area contributed by atoms with E-state index in [9.17, 15) is 18.8 Å². The first-order chi connectivity index (χ1) is 11.3. The molecule has 130 valence electrons. The summed E-state index contributed by atoms with van der Waals surface area (Å²) in [4.78, 5) is 37.5. The molecule has 4 amide bonds. The summed E-state index contributed by atoms with van der Waals surface area (Å²) in [6.45, 7) is 3.44. The van der Waals surface area contributed by atoms with Crippen LogP contribution in [-0.2, 0) is 15.1 Å². The third-order valence-corrected chi connectivity index (χ3v) is 4.10. The summed E-state index contributed by atoms with van der Waals surface area (Å²) in [6.07, 6.45) is 0. The van der Waals surface area contributed by atoms with Crippen molar-refractivity contribution >= 4 is 17.8 Å². The molecule has 8 heteroatoms. The lowest BCUT2D eigenvalue weighted by molar-refractivity contribution is -0.134. The van der Waals surface area contributed by atoms with Crippen molar-refractivity contribution in [2.24, 2.45) is 0 Å². The number of halogens is 1. The molecule has 1 saturated heterocycles. The molecule has 0 aromatic heterocycles. The molecule has 0 radical (unpaired) electrons. The summed E-state index contributed by atoms with van der Waals surface area (Å²) in [5.74, 6) is -1.41. The van der Waals surface area contributed by atoms with Crippen molar-refractivity contribution in [2.75, 3.05) is 20.1 Å². The van der Waals surface area contributed by atoms with Crippen molar-refractivity contribution in [2.45, 2.75) is 25.4 Å². The summed E-state index contributed by atoms with van der Waals surface area (Å²) in [5, 5.41) is 8.19. The van der Waals surface area contributed by atoms with E-state index in [1.54, 1.807) is 7.05 Å². The van der Waals surface area contributed by atoms with Gasteiger partial charge in [0.2, 0.25) is 5.91 Å². The average Bonchev–Trinajstić information content (AvgIpc) is 2.77. The van der Waals surface area contributed by atoms with Crippen LogP contribution in [0.5, 0.6) is 0 Å². The Hall–Kier alpha value is -2.48. The minimum Gasteiger partial charge on any atom is -0.353 e. The van der Waals surface area contributed by atoms with Crippen LogP contribution in [0.2, 0.25) is 0 Å². The Balaban J connectivity index is 2.08. The maximum Gasteiger partial charge on any atom is 0.325 e. The molecule has 2 rings (SSSR count). The zero-order valence-electron chi connectivity index (χ0n) is 13.9. The molecule has 2 unspecified atom stereocenters. The molecule has 1 aromatic rings. The SMILES string of the molecule is CNC(C)CNC(=O)CN1C(=O)NC(C)(c2ccc(F)cc2)C1=O. The van der Waals surface area contributed by atoms with Gasteiger partial charge in [0.05, 0.1) is 0 Å². The molecule has 7 nitrogen and oxygen atoms in total.